The number of piperazine rings is 1. The highest BCUT2D eigenvalue weighted by Crippen LogP contribution is 2.21. The second kappa shape index (κ2) is 11.0. The van der Waals surface area contributed by atoms with Gasteiger partial charge in [-0.3, -0.25) is 14.6 Å². The van der Waals surface area contributed by atoms with E-state index < -0.39 is 6.10 Å². The summed E-state index contributed by atoms with van der Waals surface area (Å²) in [5.41, 5.74) is 1.91. The normalized spacial score (nSPS) is 16.5. The van der Waals surface area contributed by atoms with Crippen LogP contribution in [0.4, 0.5) is 0 Å². The van der Waals surface area contributed by atoms with Gasteiger partial charge in [0.15, 0.2) is 0 Å². The lowest BCUT2D eigenvalue weighted by Crippen LogP contribution is -2.50. The van der Waals surface area contributed by atoms with Gasteiger partial charge in [-0.05, 0) is 29.7 Å². The Morgan fingerprint density at radius 1 is 1.03 bits per heavy atom. The Kier molecular flexibility index (Phi) is 8.33. The van der Waals surface area contributed by atoms with E-state index in [-0.39, 0.29) is 5.91 Å². The predicted octanol–water partition coefficient (Wildman–Crippen LogP) is 3.00. The van der Waals surface area contributed by atoms with Gasteiger partial charge in [0, 0.05) is 49.3 Å². The molecule has 1 fully saturated rings. The van der Waals surface area contributed by atoms with Gasteiger partial charge in [0.25, 0.3) is 0 Å². The lowest BCUT2D eigenvalue weighted by molar-refractivity contribution is -0.122. The van der Waals surface area contributed by atoms with Crippen LogP contribution in [0.3, 0.4) is 0 Å². The fourth-order valence-electron chi connectivity index (χ4n) is 3.48. The van der Waals surface area contributed by atoms with Crippen molar-refractivity contribution in [3.8, 4) is 0 Å². The van der Waals surface area contributed by atoms with E-state index in [0.717, 1.165) is 37.3 Å². The van der Waals surface area contributed by atoms with E-state index in [0.29, 0.717) is 36.1 Å². The van der Waals surface area contributed by atoms with E-state index in [1.54, 1.807) is 12.1 Å². The van der Waals surface area contributed by atoms with Crippen LogP contribution in [0.2, 0.25) is 10.0 Å². The molecule has 1 amide bonds. The molecular formula is C22H27Cl2N3O2. The molecule has 2 aromatic rings. The highest BCUT2D eigenvalue weighted by atomic mass is 35.5. The first kappa shape index (κ1) is 22.1. The molecule has 5 nitrogen and oxygen atoms in total. The van der Waals surface area contributed by atoms with Crippen LogP contribution in [0, 0.1) is 0 Å². The maximum absolute atomic E-state index is 12.2. The molecule has 1 aliphatic rings. The highest BCUT2D eigenvalue weighted by Gasteiger charge is 2.21. The van der Waals surface area contributed by atoms with Crippen molar-refractivity contribution in [3.63, 3.8) is 0 Å². The number of nitrogens with one attached hydrogen (secondary N) is 1. The minimum atomic E-state index is -0.481. The first-order valence-corrected chi connectivity index (χ1v) is 10.6. The van der Waals surface area contributed by atoms with Crippen LogP contribution in [0.15, 0.2) is 48.5 Å². The number of aliphatic hydroxyl groups excluding tert-OH is 1. The Morgan fingerprint density at radius 2 is 1.72 bits per heavy atom. The molecule has 7 heteroatoms. The molecule has 2 N–H and O–H groups in total. The average Bonchev–Trinajstić information content (AvgIpc) is 2.72. The molecule has 1 unspecified atom stereocenters. The third kappa shape index (κ3) is 6.98. The summed E-state index contributed by atoms with van der Waals surface area (Å²) in [6.45, 7) is 4.88. The molecule has 29 heavy (non-hydrogen) atoms. The molecule has 0 spiro atoms. The van der Waals surface area contributed by atoms with Crippen molar-refractivity contribution in [2.75, 3.05) is 45.8 Å². The van der Waals surface area contributed by atoms with Crippen LogP contribution < -0.4 is 5.32 Å². The number of hydrogen-bond donors (Lipinski definition) is 2. The number of halogens is 2. The van der Waals surface area contributed by atoms with Gasteiger partial charge >= 0.3 is 0 Å². The Labute approximate surface area is 182 Å². The Morgan fingerprint density at radius 3 is 2.41 bits per heavy atom. The zero-order valence-corrected chi connectivity index (χ0v) is 17.9. The van der Waals surface area contributed by atoms with Gasteiger partial charge in [-0.2, -0.15) is 0 Å². The third-order valence-electron chi connectivity index (χ3n) is 5.18. The van der Waals surface area contributed by atoms with E-state index in [4.69, 9.17) is 23.2 Å². The van der Waals surface area contributed by atoms with Gasteiger partial charge < -0.3 is 10.4 Å². The smallest absolute Gasteiger partial charge is 0.234 e. The molecule has 0 aliphatic carbocycles. The summed E-state index contributed by atoms with van der Waals surface area (Å²) in [4.78, 5) is 16.6. The van der Waals surface area contributed by atoms with Gasteiger partial charge in [-0.15, -0.1) is 0 Å². The van der Waals surface area contributed by atoms with Crippen LogP contribution in [-0.2, 0) is 11.2 Å². The lowest BCUT2D eigenvalue weighted by atomic mass is 10.1. The van der Waals surface area contributed by atoms with Crippen molar-refractivity contribution in [1.82, 2.24) is 15.1 Å². The standard InChI is InChI=1S/C22H27Cl2N3O2/c23-19-7-6-17(20(24)14-19)8-9-25-22(29)16-27-12-10-26(11-13-27)15-21(28)18-4-2-1-3-5-18/h1-7,14,21,28H,8-13,15-16H2,(H,25,29). The first-order chi connectivity index (χ1) is 14.0. The van der Waals surface area contributed by atoms with Crippen LogP contribution in [0.25, 0.3) is 0 Å². The Balaban J connectivity index is 1.34. The average molecular weight is 436 g/mol. The molecule has 1 atom stereocenters. The van der Waals surface area contributed by atoms with Crippen LogP contribution in [0.5, 0.6) is 0 Å². The Hall–Kier alpha value is -1.63. The zero-order chi connectivity index (χ0) is 20.6. The van der Waals surface area contributed by atoms with Gasteiger partial charge in [0.2, 0.25) is 5.91 Å². The number of benzene rings is 2. The number of β-amino-alcohol motifs (C(OH)–C–C–N with tert-alkyl or cyclic N) is 1. The van der Waals surface area contributed by atoms with Crippen molar-refractivity contribution in [2.45, 2.75) is 12.5 Å². The summed E-state index contributed by atoms with van der Waals surface area (Å²) in [6.07, 6.45) is 0.193. The van der Waals surface area contributed by atoms with Crippen LogP contribution >= 0.6 is 23.2 Å². The topological polar surface area (TPSA) is 55.8 Å². The van der Waals surface area contributed by atoms with Crippen molar-refractivity contribution in [1.29, 1.82) is 0 Å². The largest absolute Gasteiger partial charge is 0.387 e. The molecule has 156 valence electrons. The van der Waals surface area contributed by atoms with Crippen LogP contribution in [-0.4, -0.2) is 66.6 Å². The molecule has 0 aromatic heterocycles. The summed E-state index contributed by atoms with van der Waals surface area (Å²) < 4.78 is 0. The second-order valence-corrected chi connectivity index (χ2v) is 8.18. The summed E-state index contributed by atoms with van der Waals surface area (Å²) in [7, 11) is 0. The summed E-state index contributed by atoms with van der Waals surface area (Å²) in [6, 6.07) is 15.1. The SMILES string of the molecule is O=C(CN1CCN(CC(O)c2ccccc2)CC1)NCCc1ccc(Cl)cc1Cl. The van der Waals surface area contributed by atoms with Crippen LogP contribution in [0.1, 0.15) is 17.2 Å². The predicted molar refractivity (Wildman–Crippen MR) is 117 cm³/mol. The van der Waals surface area contributed by atoms with E-state index in [9.17, 15) is 9.90 Å². The van der Waals surface area contributed by atoms with Gasteiger partial charge in [-0.25, -0.2) is 0 Å². The third-order valence-corrected chi connectivity index (χ3v) is 5.77. The Bertz CT molecular complexity index is 796. The van der Waals surface area contributed by atoms with E-state index in [1.807, 2.05) is 36.4 Å². The number of carbonyl (C=O) groups is 1. The maximum Gasteiger partial charge on any atom is 0.234 e. The van der Waals surface area contributed by atoms with E-state index in [2.05, 4.69) is 15.1 Å². The van der Waals surface area contributed by atoms with Gasteiger partial charge in [-0.1, -0.05) is 59.6 Å². The van der Waals surface area contributed by atoms with Crippen molar-refractivity contribution < 1.29 is 9.90 Å². The van der Waals surface area contributed by atoms with Gasteiger partial charge in [0.05, 0.1) is 12.6 Å². The minimum absolute atomic E-state index is 0.0212. The van der Waals surface area contributed by atoms with Crippen molar-refractivity contribution in [3.05, 3.63) is 69.7 Å². The summed E-state index contributed by atoms with van der Waals surface area (Å²) >= 11 is 12.1. The maximum atomic E-state index is 12.2. The number of hydrogen-bond acceptors (Lipinski definition) is 4. The number of carbonyl (C=O) groups excluding carboxylic acids is 1. The summed E-state index contributed by atoms with van der Waals surface area (Å²) in [5.74, 6) is 0.0212. The fourth-order valence-corrected chi connectivity index (χ4v) is 3.98. The first-order valence-electron chi connectivity index (χ1n) is 9.89. The number of amides is 1. The quantitative estimate of drug-likeness (QED) is 0.668. The van der Waals surface area contributed by atoms with Gasteiger partial charge in [0.1, 0.15) is 0 Å². The molecule has 2 aromatic carbocycles. The molecule has 0 saturated carbocycles. The molecule has 1 aliphatic heterocycles. The molecule has 1 heterocycles. The number of aliphatic hydroxyl groups is 1. The molecule has 0 radical (unpaired) electrons. The van der Waals surface area contributed by atoms with Crippen molar-refractivity contribution in [2.24, 2.45) is 0 Å². The number of nitrogens with zero attached hydrogens (tertiary/aromatic N) is 2. The summed E-state index contributed by atoms with van der Waals surface area (Å²) in [5, 5.41) is 14.6. The number of rotatable bonds is 8. The lowest BCUT2D eigenvalue weighted by Gasteiger charge is -2.35. The van der Waals surface area contributed by atoms with E-state index >= 15 is 0 Å². The molecule has 3 rings (SSSR count). The molecular weight excluding hydrogens is 409 g/mol. The van der Waals surface area contributed by atoms with Crippen molar-refractivity contribution >= 4 is 29.1 Å². The highest BCUT2D eigenvalue weighted by molar-refractivity contribution is 6.35. The fraction of sp³-hybridized carbons (Fsp3) is 0.409. The minimum Gasteiger partial charge on any atom is -0.387 e. The molecule has 1 saturated heterocycles. The second-order valence-electron chi connectivity index (χ2n) is 7.34. The van der Waals surface area contributed by atoms with E-state index in [1.165, 1.54) is 0 Å². The molecule has 0 bridgehead atoms. The zero-order valence-electron chi connectivity index (χ0n) is 16.4. The monoisotopic (exact) mass is 435 g/mol.